The molecule has 0 saturated carbocycles. The molecular formula is C23H24N4O3S. The molecule has 2 amide bonds. The number of hydrogen-bond acceptors (Lipinski definition) is 5. The van der Waals surface area contributed by atoms with Gasteiger partial charge in [-0.3, -0.25) is 9.59 Å². The van der Waals surface area contributed by atoms with Crippen molar-refractivity contribution in [3.8, 4) is 16.3 Å². The number of hydrogen-bond donors (Lipinski definition) is 0. The lowest BCUT2D eigenvalue weighted by Crippen LogP contribution is -2.53. The molecule has 160 valence electrons. The van der Waals surface area contributed by atoms with Gasteiger partial charge in [0.15, 0.2) is 0 Å². The van der Waals surface area contributed by atoms with Gasteiger partial charge in [0, 0.05) is 32.8 Å². The van der Waals surface area contributed by atoms with Crippen molar-refractivity contribution in [1.29, 1.82) is 0 Å². The highest BCUT2D eigenvalue weighted by atomic mass is 32.1. The van der Waals surface area contributed by atoms with Gasteiger partial charge in [-0.05, 0) is 42.5 Å². The number of aromatic nitrogens is 2. The minimum absolute atomic E-state index is 0.0545. The third-order valence-corrected chi connectivity index (χ3v) is 6.68. The molecule has 8 heteroatoms. The summed E-state index contributed by atoms with van der Waals surface area (Å²) in [5, 5.41) is 6.74. The fraction of sp³-hybridized carbons (Fsp3) is 0.348. The zero-order chi connectivity index (χ0) is 21.2. The SMILES string of the molecule is O=C(c1cc(-c2cccs2)nn1-c1ccccc1)N1CCN(C(=O)C2CCCO2)CC1. The van der Waals surface area contributed by atoms with Crippen LogP contribution < -0.4 is 0 Å². The number of nitrogens with zero attached hydrogens (tertiary/aromatic N) is 4. The van der Waals surface area contributed by atoms with Crippen molar-refractivity contribution in [3.63, 3.8) is 0 Å². The lowest BCUT2D eigenvalue weighted by atomic mass is 10.2. The van der Waals surface area contributed by atoms with E-state index in [9.17, 15) is 9.59 Å². The minimum atomic E-state index is -0.310. The third-order valence-electron chi connectivity index (χ3n) is 5.79. The Labute approximate surface area is 184 Å². The van der Waals surface area contributed by atoms with Crippen LogP contribution >= 0.6 is 11.3 Å². The van der Waals surface area contributed by atoms with Gasteiger partial charge in [-0.25, -0.2) is 4.68 Å². The van der Waals surface area contributed by atoms with Crippen molar-refractivity contribution in [1.82, 2.24) is 19.6 Å². The highest BCUT2D eigenvalue weighted by Crippen LogP contribution is 2.27. The van der Waals surface area contributed by atoms with Crippen molar-refractivity contribution in [2.45, 2.75) is 18.9 Å². The second kappa shape index (κ2) is 8.64. The standard InChI is InChI=1S/C23H24N4O3S/c28-22(25-10-12-26(13-11-25)23(29)20-8-4-14-30-20)19-16-18(21-9-5-15-31-21)24-27(19)17-6-2-1-3-7-17/h1-3,5-7,9,15-16,20H,4,8,10-14H2. The van der Waals surface area contributed by atoms with E-state index in [2.05, 4.69) is 0 Å². The predicted molar refractivity (Wildman–Crippen MR) is 118 cm³/mol. The molecule has 1 aromatic carbocycles. The van der Waals surface area contributed by atoms with Crippen molar-refractivity contribution in [3.05, 3.63) is 59.6 Å². The second-order valence-electron chi connectivity index (χ2n) is 7.76. The van der Waals surface area contributed by atoms with E-state index in [1.165, 1.54) is 0 Å². The lowest BCUT2D eigenvalue weighted by Gasteiger charge is -2.35. The molecule has 0 aliphatic carbocycles. The summed E-state index contributed by atoms with van der Waals surface area (Å²) in [6.07, 6.45) is 1.42. The van der Waals surface area contributed by atoms with E-state index in [0.717, 1.165) is 29.1 Å². The smallest absolute Gasteiger partial charge is 0.272 e. The van der Waals surface area contributed by atoms with Crippen molar-refractivity contribution >= 4 is 23.2 Å². The normalized spacial score (nSPS) is 19.0. The summed E-state index contributed by atoms with van der Waals surface area (Å²) in [5.41, 5.74) is 2.17. The van der Waals surface area contributed by atoms with E-state index in [0.29, 0.717) is 38.5 Å². The van der Waals surface area contributed by atoms with Crippen LogP contribution in [0.3, 0.4) is 0 Å². The molecule has 0 bridgehead atoms. The van der Waals surface area contributed by atoms with E-state index in [1.807, 2.05) is 63.7 Å². The average molecular weight is 437 g/mol. The molecule has 4 heterocycles. The largest absolute Gasteiger partial charge is 0.368 e. The van der Waals surface area contributed by atoms with Gasteiger partial charge < -0.3 is 14.5 Å². The first-order chi connectivity index (χ1) is 15.2. The highest BCUT2D eigenvalue weighted by molar-refractivity contribution is 7.13. The maximum absolute atomic E-state index is 13.4. The van der Waals surface area contributed by atoms with Crippen molar-refractivity contribution in [2.24, 2.45) is 0 Å². The quantitative estimate of drug-likeness (QED) is 0.630. The Kier molecular flexibility index (Phi) is 5.57. The van der Waals surface area contributed by atoms with E-state index in [1.54, 1.807) is 16.0 Å². The summed E-state index contributed by atoms with van der Waals surface area (Å²) >= 11 is 1.60. The number of benzene rings is 1. The number of carbonyl (C=O) groups excluding carboxylic acids is 2. The van der Waals surface area contributed by atoms with Crippen LogP contribution in [0.15, 0.2) is 53.9 Å². The summed E-state index contributed by atoms with van der Waals surface area (Å²) < 4.78 is 7.26. The molecule has 2 aliphatic rings. The second-order valence-corrected chi connectivity index (χ2v) is 8.71. The highest BCUT2D eigenvalue weighted by Gasteiger charge is 2.32. The molecule has 31 heavy (non-hydrogen) atoms. The van der Waals surface area contributed by atoms with Gasteiger partial charge in [-0.15, -0.1) is 11.3 Å². The number of para-hydroxylation sites is 1. The van der Waals surface area contributed by atoms with Crippen molar-refractivity contribution in [2.75, 3.05) is 32.8 Å². The maximum Gasteiger partial charge on any atom is 0.272 e. The summed E-state index contributed by atoms with van der Waals surface area (Å²) in [6.45, 7) is 2.73. The van der Waals surface area contributed by atoms with Gasteiger partial charge in [0.1, 0.15) is 17.5 Å². The molecular weight excluding hydrogens is 412 g/mol. The fourth-order valence-corrected chi connectivity index (χ4v) is 4.79. The number of ether oxygens (including phenoxy) is 1. The molecule has 3 aromatic rings. The Bertz CT molecular complexity index is 1050. The van der Waals surface area contributed by atoms with Crippen LogP contribution in [0.25, 0.3) is 16.3 Å². The molecule has 0 spiro atoms. The third kappa shape index (κ3) is 4.00. The lowest BCUT2D eigenvalue weighted by molar-refractivity contribution is -0.142. The Morgan fingerprint density at radius 3 is 2.45 bits per heavy atom. The number of piperazine rings is 1. The Balaban J connectivity index is 1.36. The molecule has 2 fully saturated rings. The Morgan fingerprint density at radius 1 is 1.00 bits per heavy atom. The van der Waals surface area contributed by atoms with Crippen molar-refractivity contribution < 1.29 is 14.3 Å². The van der Waals surface area contributed by atoms with Crippen LogP contribution in [-0.2, 0) is 9.53 Å². The summed E-state index contributed by atoms with van der Waals surface area (Å²) in [7, 11) is 0. The van der Waals surface area contributed by atoms with Gasteiger partial charge in [-0.2, -0.15) is 5.10 Å². The summed E-state index contributed by atoms with van der Waals surface area (Å²) in [5.74, 6) is -0.0118. The number of carbonyl (C=O) groups is 2. The molecule has 2 saturated heterocycles. The molecule has 1 atom stereocenters. The average Bonchev–Trinajstić information content (AvgIpc) is 3.60. The van der Waals surface area contributed by atoms with Crippen LogP contribution in [0.4, 0.5) is 0 Å². The Hall–Kier alpha value is -2.97. The zero-order valence-electron chi connectivity index (χ0n) is 17.1. The first kappa shape index (κ1) is 20.0. The molecule has 0 radical (unpaired) electrons. The van der Waals surface area contributed by atoms with Gasteiger partial charge in [0.05, 0.1) is 10.6 Å². The first-order valence-corrected chi connectivity index (χ1v) is 11.5. The number of amides is 2. The fourth-order valence-electron chi connectivity index (χ4n) is 4.11. The summed E-state index contributed by atoms with van der Waals surface area (Å²) in [6, 6.07) is 15.6. The van der Waals surface area contributed by atoms with Crippen LogP contribution in [-0.4, -0.2) is 70.3 Å². The molecule has 5 rings (SSSR count). The topological polar surface area (TPSA) is 67.7 Å². The number of thiophene rings is 1. The van der Waals surface area contributed by atoms with Gasteiger partial charge in [-0.1, -0.05) is 24.3 Å². The van der Waals surface area contributed by atoms with Crippen LogP contribution in [0, 0.1) is 0 Å². The minimum Gasteiger partial charge on any atom is -0.368 e. The Morgan fingerprint density at radius 2 is 1.77 bits per heavy atom. The van der Waals surface area contributed by atoms with Crippen LogP contribution in [0.5, 0.6) is 0 Å². The maximum atomic E-state index is 13.4. The molecule has 7 nitrogen and oxygen atoms in total. The van der Waals surface area contributed by atoms with Gasteiger partial charge in [0.2, 0.25) is 0 Å². The van der Waals surface area contributed by atoms with Gasteiger partial charge in [0.25, 0.3) is 11.8 Å². The predicted octanol–water partition coefficient (Wildman–Crippen LogP) is 3.06. The molecule has 0 N–H and O–H groups in total. The van der Waals surface area contributed by atoms with E-state index in [-0.39, 0.29) is 17.9 Å². The van der Waals surface area contributed by atoms with Crippen LogP contribution in [0.1, 0.15) is 23.3 Å². The molecule has 1 unspecified atom stereocenters. The van der Waals surface area contributed by atoms with E-state index < -0.39 is 0 Å². The van der Waals surface area contributed by atoms with E-state index >= 15 is 0 Å². The number of rotatable bonds is 4. The zero-order valence-corrected chi connectivity index (χ0v) is 18.0. The monoisotopic (exact) mass is 436 g/mol. The molecule has 2 aromatic heterocycles. The van der Waals surface area contributed by atoms with Gasteiger partial charge >= 0.3 is 0 Å². The first-order valence-electron chi connectivity index (χ1n) is 10.6. The van der Waals surface area contributed by atoms with E-state index in [4.69, 9.17) is 9.84 Å². The summed E-state index contributed by atoms with van der Waals surface area (Å²) in [4.78, 5) is 30.7. The molecule has 2 aliphatic heterocycles. The van der Waals surface area contributed by atoms with Crippen LogP contribution in [0.2, 0.25) is 0 Å².